The molecule has 2 aromatic rings. The molecule has 0 aliphatic carbocycles. The van der Waals surface area contributed by atoms with Crippen LogP contribution in [0, 0.1) is 0 Å². The molecule has 0 radical (unpaired) electrons. The Labute approximate surface area is 114 Å². The van der Waals surface area contributed by atoms with Gasteiger partial charge in [-0.3, -0.25) is 4.79 Å². The van der Waals surface area contributed by atoms with Crippen molar-refractivity contribution in [1.82, 2.24) is 0 Å². The maximum atomic E-state index is 11.4. The van der Waals surface area contributed by atoms with Crippen molar-refractivity contribution in [2.75, 3.05) is 5.32 Å². The van der Waals surface area contributed by atoms with Gasteiger partial charge in [-0.2, -0.15) is 0 Å². The van der Waals surface area contributed by atoms with E-state index in [1.165, 1.54) is 0 Å². The molecule has 98 valence electrons. The fraction of sp³-hybridized carbons (Fsp3) is 0.143. The summed E-state index contributed by atoms with van der Waals surface area (Å²) in [5.41, 5.74) is 1.30. The molecule has 1 aromatic carbocycles. The predicted molar refractivity (Wildman–Crippen MR) is 75.6 cm³/mol. The fourth-order valence-electron chi connectivity index (χ4n) is 1.63. The Kier molecular flexibility index (Phi) is 3.97. The molecule has 1 amide bonds. The molecule has 0 atom stereocenters. The van der Waals surface area contributed by atoms with Crippen LogP contribution in [0.2, 0.25) is 0 Å². The van der Waals surface area contributed by atoms with Gasteiger partial charge in [-0.1, -0.05) is 37.3 Å². The first-order valence-electron chi connectivity index (χ1n) is 5.84. The molecular formula is C14H13NO3S. The molecule has 0 fully saturated rings. The number of thiophene rings is 1. The van der Waals surface area contributed by atoms with E-state index in [4.69, 9.17) is 0 Å². The van der Waals surface area contributed by atoms with E-state index in [1.54, 1.807) is 13.0 Å². The number of carboxylic acid groups (broad SMARTS) is 1. The Morgan fingerprint density at radius 3 is 2.53 bits per heavy atom. The number of nitrogens with one attached hydrogen (secondary N) is 1. The number of carbonyl (C=O) groups excluding carboxylic acids is 1. The van der Waals surface area contributed by atoms with Crippen LogP contribution in [0.5, 0.6) is 0 Å². The van der Waals surface area contributed by atoms with Gasteiger partial charge >= 0.3 is 5.97 Å². The first kappa shape index (κ1) is 13.3. The second kappa shape index (κ2) is 5.67. The molecule has 19 heavy (non-hydrogen) atoms. The topological polar surface area (TPSA) is 66.4 Å². The normalized spacial score (nSPS) is 10.2. The van der Waals surface area contributed by atoms with Crippen LogP contribution in [0.3, 0.4) is 0 Å². The molecule has 0 aliphatic heterocycles. The van der Waals surface area contributed by atoms with Gasteiger partial charge in [0.25, 0.3) is 0 Å². The monoisotopic (exact) mass is 275 g/mol. The number of hydrogen-bond acceptors (Lipinski definition) is 3. The molecule has 0 aliphatic rings. The van der Waals surface area contributed by atoms with E-state index in [0.29, 0.717) is 12.1 Å². The van der Waals surface area contributed by atoms with Crippen molar-refractivity contribution in [3.8, 4) is 10.4 Å². The summed E-state index contributed by atoms with van der Waals surface area (Å²) in [4.78, 5) is 23.6. The molecule has 2 N–H and O–H groups in total. The summed E-state index contributed by atoms with van der Waals surface area (Å²) < 4.78 is 0. The minimum atomic E-state index is -1.03. The van der Waals surface area contributed by atoms with E-state index in [1.807, 2.05) is 30.3 Å². The number of rotatable bonds is 4. The molecule has 1 heterocycles. The van der Waals surface area contributed by atoms with Crippen molar-refractivity contribution >= 4 is 28.9 Å². The first-order chi connectivity index (χ1) is 9.11. The van der Waals surface area contributed by atoms with Gasteiger partial charge in [0.1, 0.15) is 4.88 Å². The highest BCUT2D eigenvalue weighted by Crippen LogP contribution is 2.34. The standard InChI is InChI=1S/C14H13NO3S/c1-2-12(16)15-10-8-11(19-13(10)14(17)18)9-6-4-3-5-7-9/h3-8H,2H2,1H3,(H,15,16)(H,17,18). The quantitative estimate of drug-likeness (QED) is 0.898. The number of benzene rings is 1. The first-order valence-corrected chi connectivity index (χ1v) is 6.66. The summed E-state index contributed by atoms with van der Waals surface area (Å²) in [5.74, 6) is -1.22. The molecule has 0 saturated heterocycles. The lowest BCUT2D eigenvalue weighted by Gasteiger charge is -2.01. The molecular weight excluding hydrogens is 262 g/mol. The zero-order valence-corrected chi connectivity index (χ0v) is 11.2. The lowest BCUT2D eigenvalue weighted by molar-refractivity contribution is -0.115. The molecule has 0 unspecified atom stereocenters. The summed E-state index contributed by atoms with van der Waals surface area (Å²) in [7, 11) is 0. The van der Waals surface area contributed by atoms with E-state index in [9.17, 15) is 14.7 Å². The highest BCUT2D eigenvalue weighted by molar-refractivity contribution is 7.18. The Bertz CT molecular complexity index is 604. The van der Waals surface area contributed by atoms with Crippen LogP contribution in [-0.4, -0.2) is 17.0 Å². The van der Waals surface area contributed by atoms with Gasteiger partial charge in [0.15, 0.2) is 0 Å². The fourth-order valence-corrected chi connectivity index (χ4v) is 2.58. The van der Waals surface area contributed by atoms with E-state index in [0.717, 1.165) is 21.8 Å². The molecule has 4 nitrogen and oxygen atoms in total. The maximum Gasteiger partial charge on any atom is 0.348 e. The Hall–Kier alpha value is -2.14. The number of hydrogen-bond donors (Lipinski definition) is 2. The highest BCUT2D eigenvalue weighted by atomic mass is 32.1. The number of carbonyl (C=O) groups is 2. The summed E-state index contributed by atoms with van der Waals surface area (Å²) in [6.07, 6.45) is 0.315. The van der Waals surface area contributed by atoms with Crippen LogP contribution in [0.25, 0.3) is 10.4 Å². The van der Waals surface area contributed by atoms with E-state index < -0.39 is 5.97 Å². The summed E-state index contributed by atoms with van der Waals surface area (Å²) >= 11 is 1.16. The number of amides is 1. The van der Waals surface area contributed by atoms with Crippen LogP contribution < -0.4 is 5.32 Å². The van der Waals surface area contributed by atoms with Gasteiger partial charge in [0, 0.05) is 11.3 Å². The van der Waals surface area contributed by atoms with Crippen LogP contribution >= 0.6 is 11.3 Å². The van der Waals surface area contributed by atoms with Gasteiger partial charge in [0.05, 0.1) is 5.69 Å². The molecule has 0 spiro atoms. The Balaban J connectivity index is 2.41. The summed E-state index contributed by atoms with van der Waals surface area (Å²) in [6.45, 7) is 1.72. The van der Waals surface area contributed by atoms with Crippen LogP contribution in [0.15, 0.2) is 36.4 Å². The van der Waals surface area contributed by atoms with Crippen molar-refractivity contribution in [2.24, 2.45) is 0 Å². The van der Waals surface area contributed by atoms with E-state index in [2.05, 4.69) is 5.32 Å². The lowest BCUT2D eigenvalue weighted by atomic mass is 10.2. The zero-order chi connectivity index (χ0) is 13.8. The van der Waals surface area contributed by atoms with Crippen molar-refractivity contribution in [3.63, 3.8) is 0 Å². The minimum Gasteiger partial charge on any atom is -0.477 e. The van der Waals surface area contributed by atoms with Gasteiger partial charge in [-0.25, -0.2) is 4.79 Å². The summed E-state index contributed by atoms with van der Waals surface area (Å²) in [5, 5.41) is 11.8. The maximum absolute atomic E-state index is 11.4. The van der Waals surface area contributed by atoms with Gasteiger partial charge in [0.2, 0.25) is 5.91 Å². The molecule has 0 bridgehead atoms. The van der Waals surface area contributed by atoms with Crippen molar-refractivity contribution in [3.05, 3.63) is 41.3 Å². The Morgan fingerprint density at radius 1 is 1.26 bits per heavy atom. The number of carboxylic acids is 1. The average molecular weight is 275 g/mol. The lowest BCUT2D eigenvalue weighted by Crippen LogP contribution is -2.11. The van der Waals surface area contributed by atoms with Crippen molar-refractivity contribution in [1.29, 1.82) is 0 Å². The van der Waals surface area contributed by atoms with Crippen molar-refractivity contribution < 1.29 is 14.7 Å². The molecule has 1 aromatic heterocycles. The second-order valence-electron chi connectivity index (χ2n) is 3.93. The summed E-state index contributed by atoms with van der Waals surface area (Å²) in [6, 6.07) is 11.2. The minimum absolute atomic E-state index is 0.153. The van der Waals surface area contributed by atoms with Crippen LogP contribution in [-0.2, 0) is 4.79 Å². The number of anilines is 1. The smallest absolute Gasteiger partial charge is 0.348 e. The van der Waals surface area contributed by atoms with Crippen LogP contribution in [0.1, 0.15) is 23.0 Å². The SMILES string of the molecule is CCC(=O)Nc1cc(-c2ccccc2)sc1C(=O)O. The molecule has 2 rings (SSSR count). The van der Waals surface area contributed by atoms with Crippen molar-refractivity contribution in [2.45, 2.75) is 13.3 Å². The third-order valence-corrected chi connectivity index (χ3v) is 3.75. The Morgan fingerprint density at radius 2 is 1.95 bits per heavy atom. The highest BCUT2D eigenvalue weighted by Gasteiger charge is 2.17. The largest absolute Gasteiger partial charge is 0.477 e. The molecule has 0 saturated carbocycles. The van der Waals surface area contributed by atoms with Gasteiger partial charge in [-0.05, 0) is 11.6 Å². The number of aromatic carboxylic acids is 1. The average Bonchev–Trinajstić information content (AvgIpc) is 2.83. The van der Waals surface area contributed by atoms with Gasteiger partial charge in [-0.15, -0.1) is 11.3 Å². The zero-order valence-electron chi connectivity index (χ0n) is 10.3. The third-order valence-electron chi connectivity index (χ3n) is 2.58. The van der Waals surface area contributed by atoms with E-state index >= 15 is 0 Å². The predicted octanol–water partition coefficient (Wildman–Crippen LogP) is 3.46. The molecule has 5 heteroatoms. The van der Waals surface area contributed by atoms with E-state index in [-0.39, 0.29) is 10.8 Å². The second-order valence-corrected chi connectivity index (χ2v) is 4.98. The van der Waals surface area contributed by atoms with Crippen LogP contribution in [0.4, 0.5) is 5.69 Å². The third kappa shape index (κ3) is 3.00. The van der Waals surface area contributed by atoms with Gasteiger partial charge < -0.3 is 10.4 Å².